The number of hydrogen-bond donors (Lipinski definition) is 0. The zero-order valence-electron chi connectivity index (χ0n) is 19.8. The molecule has 1 saturated heterocycles. The molecule has 2 aromatic heterocycles. The Morgan fingerprint density at radius 2 is 1.68 bits per heavy atom. The number of ether oxygens (including phenoxy) is 3. The molecule has 5 rings (SSSR count). The summed E-state index contributed by atoms with van der Waals surface area (Å²) < 4.78 is 67.3. The van der Waals surface area contributed by atoms with Gasteiger partial charge in [0.25, 0.3) is 0 Å². The molecule has 2 aliphatic rings. The van der Waals surface area contributed by atoms with Gasteiger partial charge in [0.2, 0.25) is 0 Å². The smallest absolute Gasteiger partial charge is 0.387 e. The molecule has 1 saturated carbocycles. The Morgan fingerprint density at radius 1 is 0.946 bits per heavy atom. The van der Waals surface area contributed by atoms with Gasteiger partial charge in [0.1, 0.15) is 0 Å². The molecular weight excluding hydrogens is 492 g/mol. The number of rotatable bonds is 9. The molecule has 196 valence electrons. The number of pyridine rings is 2. The minimum absolute atomic E-state index is 0.0174. The average molecular weight is 519 g/mol. The van der Waals surface area contributed by atoms with Crippen LogP contribution >= 0.6 is 0 Å². The number of halogens is 4. The first-order chi connectivity index (χ1) is 17.9. The molecule has 3 heterocycles. The van der Waals surface area contributed by atoms with E-state index < -0.39 is 30.6 Å². The van der Waals surface area contributed by atoms with Crippen molar-refractivity contribution in [2.24, 2.45) is 5.92 Å². The lowest BCUT2D eigenvalue weighted by Gasteiger charge is -2.48. The Hall–Kier alpha value is -3.40. The molecule has 37 heavy (non-hydrogen) atoms. The van der Waals surface area contributed by atoms with E-state index in [2.05, 4.69) is 14.5 Å². The Bertz CT molecular complexity index is 1190. The van der Waals surface area contributed by atoms with Crippen LogP contribution in [-0.4, -0.2) is 24.3 Å². The summed E-state index contributed by atoms with van der Waals surface area (Å²) >= 11 is 0. The van der Waals surface area contributed by atoms with E-state index in [9.17, 15) is 22.8 Å². The van der Waals surface area contributed by atoms with Crippen molar-refractivity contribution in [2.75, 3.05) is 0 Å². The van der Waals surface area contributed by atoms with Crippen molar-refractivity contribution in [3.63, 3.8) is 0 Å². The van der Waals surface area contributed by atoms with E-state index in [0.717, 1.165) is 24.0 Å². The lowest BCUT2D eigenvalue weighted by Crippen LogP contribution is -2.44. The van der Waals surface area contributed by atoms with Crippen molar-refractivity contribution in [2.45, 2.75) is 63.5 Å². The number of benzene rings is 1. The van der Waals surface area contributed by atoms with Crippen molar-refractivity contribution in [3.05, 3.63) is 88.6 Å². The number of alkyl halides is 4. The van der Waals surface area contributed by atoms with Gasteiger partial charge in [0, 0.05) is 35.9 Å². The van der Waals surface area contributed by atoms with Crippen LogP contribution in [0.25, 0.3) is 0 Å². The van der Waals surface area contributed by atoms with Gasteiger partial charge in [-0.25, -0.2) is 0 Å². The Labute approximate surface area is 211 Å². The van der Waals surface area contributed by atoms with E-state index in [0.29, 0.717) is 34.4 Å². The zero-order chi connectivity index (χ0) is 25.9. The van der Waals surface area contributed by atoms with Gasteiger partial charge in [-0.05, 0) is 54.2 Å². The third-order valence-corrected chi connectivity index (χ3v) is 7.07. The summed E-state index contributed by atoms with van der Waals surface area (Å²) in [5, 5.41) is 11.5. The molecule has 1 aliphatic heterocycles. The van der Waals surface area contributed by atoms with Crippen LogP contribution in [0, 0.1) is 11.1 Å². The molecule has 0 bridgehead atoms. The number of hydrogen-bond acceptors (Lipinski definition) is 5. The van der Waals surface area contributed by atoms with Crippen molar-refractivity contribution in [1.82, 2.24) is 4.98 Å². The van der Waals surface area contributed by atoms with Gasteiger partial charge in [-0.2, -0.15) is 22.3 Å². The van der Waals surface area contributed by atoms with Crippen LogP contribution in [-0.2, 0) is 11.2 Å². The number of aromatic nitrogens is 2. The summed E-state index contributed by atoms with van der Waals surface area (Å²) in [6.07, 6.45) is 9.82. The van der Waals surface area contributed by atoms with E-state index in [1.807, 2.05) is 12.1 Å². The molecule has 10 heteroatoms. The van der Waals surface area contributed by atoms with Gasteiger partial charge in [-0.1, -0.05) is 25.0 Å². The second-order valence-corrected chi connectivity index (χ2v) is 9.35. The maximum absolute atomic E-state index is 13.0. The standard InChI is InChI=1S/C27H26F4N2O4/c28-26(29)36-23-8-6-17(14-24(23)37-27(30)31)20(13-16-9-11-33(34)12-10-16)21-7-5-18(15-32-21)25-19-3-1-2-4-22(19)35-25/h5-12,14-15,19-20,22,25-27H,1-4,13H2. The van der Waals surface area contributed by atoms with Crippen molar-refractivity contribution < 1.29 is 36.5 Å². The van der Waals surface area contributed by atoms with Gasteiger partial charge < -0.3 is 19.4 Å². The van der Waals surface area contributed by atoms with Crippen LogP contribution < -0.4 is 14.2 Å². The lowest BCUT2D eigenvalue weighted by atomic mass is 9.76. The molecule has 2 fully saturated rings. The zero-order valence-corrected chi connectivity index (χ0v) is 19.8. The normalized spacial score (nSPS) is 21.8. The quantitative estimate of drug-likeness (QED) is 0.200. The van der Waals surface area contributed by atoms with E-state index in [1.54, 1.807) is 18.3 Å². The average Bonchev–Trinajstić information content (AvgIpc) is 2.85. The molecule has 1 aliphatic carbocycles. The highest BCUT2D eigenvalue weighted by molar-refractivity contribution is 5.46. The van der Waals surface area contributed by atoms with Gasteiger partial charge in [-0.3, -0.25) is 4.98 Å². The van der Waals surface area contributed by atoms with E-state index in [4.69, 9.17) is 4.74 Å². The van der Waals surface area contributed by atoms with Crippen LogP contribution in [0.3, 0.4) is 0 Å². The van der Waals surface area contributed by atoms with Gasteiger partial charge in [-0.15, -0.1) is 0 Å². The predicted octanol–water partition coefficient (Wildman–Crippen LogP) is 5.92. The second kappa shape index (κ2) is 10.9. The molecule has 4 atom stereocenters. The molecule has 6 nitrogen and oxygen atoms in total. The first kappa shape index (κ1) is 25.3. The molecular formula is C27H26F4N2O4. The van der Waals surface area contributed by atoms with Crippen LogP contribution in [0.5, 0.6) is 11.5 Å². The Balaban J connectivity index is 1.46. The predicted molar refractivity (Wildman–Crippen MR) is 124 cm³/mol. The lowest BCUT2D eigenvalue weighted by molar-refractivity contribution is -0.605. The highest BCUT2D eigenvalue weighted by Crippen LogP contribution is 2.48. The van der Waals surface area contributed by atoms with E-state index in [1.165, 1.54) is 43.4 Å². The maximum Gasteiger partial charge on any atom is 0.387 e. The summed E-state index contributed by atoms with van der Waals surface area (Å²) in [5.41, 5.74) is 2.95. The molecule has 3 aromatic rings. The van der Waals surface area contributed by atoms with Crippen LogP contribution in [0.15, 0.2) is 61.1 Å². The highest BCUT2D eigenvalue weighted by Gasteiger charge is 2.44. The van der Waals surface area contributed by atoms with Crippen molar-refractivity contribution in [1.29, 1.82) is 0 Å². The van der Waals surface area contributed by atoms with Gasteiger partial charge in [0.15, 0.2) is 23.9 Å². The first-order valence-electron chi connectivity index (χ1n) is 12.2. The Morgan fingerprint density at radius 3 is 2.35 bits per heavy atom. The minimum atomic E-state index is -3.22. The van der Waals surface area contributed by atoms with E-state index in [-0.39, 0.29) is 6.10 Å². The molecule has 0 radical (unpaired) electrons. The third-order valence-electron chi connectivity index (χ3n) is 7.07. The van der Waals surface area contributed by atoms with Crippen molar-refractivity contribution in [3.8, 4) is 11.5 Å². The fourth-order valence-corrected chi connectivity index (χ4v) is 5.29. The second-order valence-electron chi connectivity index (χ2n) is 9.35. The monoisotopic (exact) mass is 518 g/mol. The largest absolute Gasteiger partial charge is 0.619 e. The molecule has 0 N–H and O–H groups in total. The third kappa shape index (κ3) is 5.79. The maximum atomic E-state index is 13.0. The summed E-state index contributed by atoms with van der Waals surface area (Å²) in [4.78, 5) is 4.68. The summed E-state index contributed by atoms with van der Waals surface area (Å²) in [5.74, 6) is -0.929. The van der Waals surface area contributed by atoms with E-state index >= 15 is 0 Å². The number of nitrogens with zero attached hydrogens (tertiary/aromatic N) is 2. The fraction of sp³-hybridized carbons (Fsp3) is 0.407. The summed E-state index contributed by atoms with van der Waals surface area (Å²) in [6, 6.07) is 11.1. The molecule has 1 aromatic carbocycles. The Kier molecular flexibility index (Phi) is 7.45. The molecule has 0 spiro atoms. The van der Waals surface area contributed by atoms with Gasteiger partial charge in [0.05, 0.1) is 12.2 Å². The fourth-order valence-electron chi connectivity index (χ4n) is 5.29. The SMILES string of the molecule is [O-][n+]1ccc(CC(c2ccc(OC(F)F)c(OC(F)F)c2)c2ccc(C3OC4CCCCC43)cn2)cc1. The van der Waals surface area contributed by atoms with Crippen LogP contribution in [0.4, 0.5) is 17.6 Å². The highest BCUT2D eigenvalue weighted by atomic mass is 19.3. The minimum Gasteiger partial charge on any atom is -0.619 e. The number of fused-ring (bicyclic) bond motifs is 1. The van der Waals surface area contributed by atoms with Gasteiger partial charge >= 0.3 is 13.2 Å². The van der Waals surface area contributed by atoms with Crippen LogP contribution in [0.2, 0.25) is 0 Å². The molecule has 4 unspecified atom stereocenters. The summed E-state index contributed by atoms with van der Waals surface area (Å²) in [7, 11) is 0. The molecule has 0 amide bonds. The summed E-state index contributed by atoms with van der Waals surface area (Å²) in [6.45, 7) is -6.42. The topological polar surface area (TPSA) is 67.5 Å². The van der Waals surface area contributed by atoms with Crippen molar-refractivity contribution >= 4 is 0 Å². The van der Waals surface area contributed by atoms with Crippen LogP contribution in [0.1, 0.15) is 60.1 Å². The first-order valence-corrected chi connectivity index (χ1v) is 12.2.